The average molecular weight is 289 g/mol. The van der Waals surface area contributed by atoms with Gasteiger partial charge >= 0.3 is 0 Å². The van der Waals surface area contributed by atoms with E-state index in [1.807, 2.05) is 18.2 Å². The molecule has 0 amide bonds. The smallest absolute Gasteiger partial charge is 0.0648 e. The third-order valence-corrected chi connectivity index (χ3v) is 3.71. The number of hydrogen-bond acceptors (Lipinski definition) is 1. The van der Waals surface area contributed by atoms with E-state index in [-0.39, 0.29) is 0 Å². The van der Waals surface area contributed by atoms with Gasteiger partial charge in [-0.25, -0.2) is 0 Å². The Balaban J connectivity index is 2.08. The molecule has 0 bridgehead atoms. The van der Waals surface area contributed by atoms with Crippen molar-refractivity contribution >= 4 is 33.2 Å². The number of benzene rings is 1. The maximum Gasteiger partial charge on any atom is 0.0648 e. The molecule has 1 aromatic carbocycles. The van der Waals surface area contributed by atoms with E-state index in [4.69, 9.17) is 11.6 Å². The SMILES string of the molecule is CCC(Nc1ccc(Br)cc1Cl)C1CC1. The quantitative estimate of drug-likeness (QED) is 0.846. The second-order valence-corrected chi connectivity index (χ2v) is 5.44. The van der Waals surface area contributed by atoms with Gasteiger partial charge in [0.15, 0.2) is 0 Å². The van der Waals surface area contributed by atoms with Crippen molar-refractivity contribution < 1.29 is 0 Å². The lowest BCUT2D eigenvalue weighted by Crippen LogP contribution is -2.20. The summed E-state index contributed by atoms with van der Waals surface area (Å²) in [5.41, 5.74) is 1.05. The van der Waals surface area contributed by atoms with Gasteiger partial charge < -0.3 is 5.32 Å². The number of anilines is 1. The molecule has 1 unspecified atom stereocenters. The largest absolute Gasteiger partial charge is 0.381 e. The van der Waals surface area contributed by atoms with Gasteiger partial charge in [0.05, 0.1) is 10.7 Å². The van der Waals surface area contributed by atoms with Gasteiger partial charge in [-0.2, -0.15) is 0 Å². The predicted molar refractivity (Wildman–Crippen MR) is 69.6 cm³/mol. The highest BCUT2D eigenvalue weighted by Crippen LogP contribution is 2.37. The lowest BCUT2D eigenvalue weighted by atomic mass is 10.1. The van der Waals surface area contributed by atoms with Gasteiger partial charge in [-0.1, -0.05) is 34.5 Å². The number of hydrogen-bond donors (Lipinski definition) is 1. The normalized spacial score (nSPS) is 17.5. The molecule has 1 atom stereocenters. The molecule has 15 heavy (non-hydrogen) atoms. The second kappa shape index (κ2) is 4.75. The Labute approximate surface area is 104 Å². The number of halogens is 2. The molecule has 1 fully saturated rings. The first-order chi connectivity index (χ1) is 7.20. The van der Waals surface area contributed by atoms with Crippen LogP contribution in [0, 0.1) is 5.92 Å². The van der Waals surface area contributed by atoms with Crippen LogP contribution in [0.2, 0.25) is 5.02 Å². The van der Waals surface area contributed by atoms with E-state index in [1.54, 1.807) is 0 Å². The Morgan fingerprint density at radius 3 is 2.80 bits per heavy atom. The first-order valence-corrected chi connectivity index (χ1v) is 6.59. The lowest BCUT2D eigenvalue weighted by Gasteiger charge is -2.18. The summed E-state index contributed by atoms with van der Waals surface area (Å²) in [7, 11) is 0. The molecular weight excluding hydrogens is 273 g/mol. The highest BCUT2D eigenvalue weighted by Gasteiger charge is 2.29. The van der Waals surface area contributed by atoms with E-state index >= 15 is 0 Å². The summed E-state index contributed by atoms with van der Waals surface area (Å²) in [5.74, 6) is 0.856. The molecule has 0 saturated heterocycles. The molecule has 1 aliphatic rings. The van der Waals surface area contributed by atoms with Crippen molar-refractivity contribution in [1.29, 1.82) is 0 Å². The van der Waals surface area contributed by atoms with Crippen LogP contribution in [0.25, 0.3) is 0 Å². The molecule has 1 aliphatic carbocycles. The molecule has 0 spiro atoms. The minimum Gasteiger partial charge on any atom is -0.381 e. The fourth-order valence-corrected chi connectivity index (χ4v) is 2.59. The Hall–Kier alpha value is -0.210. The molecule has 0 radical (unpaired) electrons. The molecule has 0 heterocycles. The summed E-state index contributed by atoms with van der Waals surface area (Å²) < 4.78 is 1.03. The Morgan fingerprint density at radius 1 is 1.53 bits per heavy atom. The standard InChI is InChI=1S/C12H15BrClN/c1-2-11(8-3-4-8)15-12-6-5-9(13)7-10(12)14/h5-8,11,15H,2-4H2,1H3. The summed E-state index contributed by atoms with van der Waals surface area (Å²) in [6, 6.07) is 6.58. The van der Waals surface area contributed by atoms with Gasteiger partial charge in [-0.3, -0.25) is 0 Å². The van der Waals surface area contributed by atoms with Crippen molar-refractivity contribution in [3.05, 3.63) is 27.7 Å². The highest BCUT2D eigenvalue weighted by atomic mass is 79.9. The Bertz CT molecular complexity index is 349. The summed E-state index contributed by atoms with van der Waals surface area (Å²) in [6.45, 7) is 2.22. The van der Waals surface area contributed by atoms with Gasteiger partial charge in [0.1, 0.15) is 0 Å². The van der Waals surface area contributed by atoms with Crippen LogP contribution >= 0.6 is 27.5 Å². The minimum absolute atomic E-state index is 0.587. The molecule has 1 nitrogen and oxygen atoms in total. The van der Waals surface area contributed by atoms with Crippen LogP contribution in [0.15, 0.2) is 22.7 Å². The van der Waals surface area contributed by atoms with Crippen molar-refractivity contribution in [3.63, 3.8) is 0 Å². The zero-order valence-electron chi connectivity index (χ0n) is 8.76. The first kappa shape index (κ1) is 11.3. The maximum atomic E-state index is 6.16. The van der Waals surface area contributed by atoms with E-state index in [9.17, 15) is 0 Å². The van der Waals surface area contributed by atoms with Crippen molar-refractivity contribution in [2.24, 2.45) is 5.92 Å². The van der Waals surface area contributed by atoms with Crippen LogP contribution in [-0.2, 0) is 0 Å². The van der Waals surface area contributed by atoms with Crippen LogP contribution in [0.4, 0.5) is 5.69 Å². The zero-order chi connectivity index (χ0) is 10.8. The summed E-state index contributed by atoms with van der Waals surface area (Å²) in [6.07, 6.45) is 3.89. The lowest BCUT2D eigenvalue weighted by molar-refractivity contribution is 0.616. The second-order valence-electron chi connectivity index (χ2n) is 4.12. The molecule has 2 rings (SSSR count). The molecule has 0 aromatic heterocycles. The Morgan fingerprint density at radius 2 is 2.27 bits per heavy atom. The Kier molecular flexibility index (Phi) is 3.57. The summed E-state index contributed by atoms with van der Waals surface area (Å²) >= 11 is 9.57. The van der Waals surface area contributed by atoms with Crippen LogP contribution in [0.5, 0.6) is 0 Å². The predicted octanol–water partition coefficient (Wildman–Crippen LogP) is 4.70. The van der Waals surface area contributed by atoms with Crippen molar-refractivity contribution in [2.75, 3.05) is 5.32 Å². The molecule has 1 N–H and O–H groups in total. The van der Waals surface area contributed by atoms with Gasteiger partial charge in [-0.05, 0) is 43.4 Å². The fraction of sp³-hybridized carbons (Fsp3) is 0.500. The maximum absolute atomic E-state index is 6.16. The van der Waals surface area contributed by atoms with Crippen LogP contribution < -0.4 is 5.32 Å². The van der Waals surface area contributed by atoms with Crippen LogP contribution in [0.3, 0.4) is 0 Å². The fourth-order valence-electron chi connectivity index (χ4n) is 1.86. The summed E-state index contributed by atoms with van der Waals surface area (Å²) in [4.78, 5) is 0. The first-order valence-electron chi connectivity index (χ1n) is 5.42. The van der Waals surface area contributed by atoms with Gasteiger partial charge in [0.2, 0.25) is 0 Å². The van der Waals surface area contributed by atoms with Gasteiger partial charge in [0.25, 0.3) is 0 Å². The molecule has 0 aliphatic heterocycles. The number of rotatable bonds is 4. The minimum atomic E-state index is 0.587. The molecular formula is C12H15BrClN. The summed E-state index contributed by atoms with van der Waals surface area (Å²) in [5, 5.41) is 4.33. The highest BCUT2D eigenvalue weighted by molar-refractivity contribution is 9.10. The zero-order valence-corrected chi connectivity index (χ0v) is 11.1. The van der Waals surface area contributed by atoms with Crippen molar-refractivity contribution in [2.45, 2.75) is 32.2 Å². The average Bonchev–Trinajstić information content (AvgIpc) is 3.00. The number of nitrogens with one attached hydrogen (secondary N) is 1. The molecule has 1 aromatic rings. The van der Waals surface area contributed by atoms with Gasteiger partial charge in [-0.15, -0.1) is 0 Å². The molecule has 3 heteroatoms. The molecule has 1 saturated carbocycles. The van der Waals surface area contributed by atoms with Gasteiger partial charge in [0, 0.05) is 10.5 Å². The van der Waals surface area contributed by atoms with Crippen molar-refractivity contribution in [3.8, 4) is 0 Å². The third kappa shape index (κ3) is 2.88. The van der Waals surface area contributed by atoms with Crippen LogP contribution in [-0.4, -0.2) is 6.04 Å². The van der Waals surface area contributed by atoms with Crippen LogP contribution in [0.1, 0.15) is 26.2 Å². The van der Waals surface area contributed by atoms with E-state index < -0.39 is 0 Å². The monoisotopic (exact) mass is 287 g/mol. The van der Waals surface area contributed by atoms with E-state index in [0.717, 1.165) is 27.5 Å². The third-order valence-electron chi connectivity index (χ3n) is 2.90. The van der Waals surface area contributed by atoms with E-state index in [0.29, 0.717) is 6.04 Å². The van der Waals surface area contributed by atoms with E-state index in [2.05, 4.69) is 28.2 Å². The molecule has 82 valence electrons. The topological polar surface area (TPSA) is 12.0 Å². The van der Waals surface area contributed by atoms with E-state index in [1.165, 1.54) is 12.8 Å². The van der Waals surface area contributed by atoms with Crippen molar-refractivity contribution in [1.82, 2.24) is 0 Å².